The van der Waals surface area contributed by atoms with Gasteiger partial charge in [-0.3, -0.25) is 4.79 Å². The van der Waals surface area contributed by atoms with E-state index in [0.29, 0.717) is 39.4 Å². The minimum Gasteiger partial charge on any atom is -0.458 e. The quantitative estimate of drug-likeness (QED) is 0.208. The molecule has 0 bridgehead atoms. The number of esters is 1. The Bertz CT molecular complexity index is 1470. The molecule has 5 heterocycles. The normalized spacial score (nSPS) is 17.7. The van der Waals surface area contributed by atoms with Crippen molar-refractivity contribution in [2.75, 3.05) is 26.6 Å². The van der Waals surface area contributed by atoms with E-state index < -0.39 is 37.4 Å². The van der Waals surface area contributed by atoms with E-state index in [2.05, 4.69) is 5.32 Å². The Balaban J connectivity index is 1.56. The highest BCUT2D eigenvalue weighted by molar-refractivity contribution is 5.91. The molecule has 3 aliphatic heterocycles. The molecule has 36 heavy (non-hydrogen) atoms. The lowest BCUT2D eigenvalue weighted by atomic mass is 9.97. The summed E-state index contributed by atoms with van der Waals surface area (Å²) in [5, 5.41) is 43.5. The van der Waals surface area contributed by atoms with Crippen LogP contribution in [0.5, 0.6) is 11.5 Å². The van der Waals surface area contributed by atoms with Crippen molar-refractivity contribution in [2.24, 2.45) is 0 Å². The fraction of sp³-hybridized carbons (Fsp3) is 0.375. The number of hydrogen-bond acceptors (Lipinski definition) is 11. The predicted molar refractivity (Wildman–Crippen MR) is 122 cm³/mol. The minimum atomic E-state index is -1.56. The van der Waals surface area contributed by atoms with Crippen LogP contribution in [0.25, 0.3) is 22.3 Å². The van der Waals surface area contributed by atoms with Gasteiger partial charge >= 0.3 is 5.97 Å². The monoisotopic (exact) mass is 497 g/mol. The number of carbonyl (C=O) groups is 1. The Labute approximate surface area is 203 Å². The van der Waals surface area contributed by atoms with E-state index in [1.807, 2.05) is 0 Å². The lowest BCUT2D eigenvalue weighted by molar-refractivity contribution is -0.157. The summed E-state index contributed by atoms with van der Waals surface area (Å²) in [6.07, 6.45) is -1.56. The molecule has 0 spiro atoms. The third-order valence-corrected chi connectivity index (χ3v) is 7.12. The summed E-state index contributed by atoms with van der Waals surface area (Å²) in [5.74, 6) is 0.232. The number of hydrogen-bond donors (Lipinski definition) is 5. The second-order valence-electron chi connectivity index (χ2n) is 9.11. The molecule has 5 N–H and O–H groups in total. The number of rotatable bonds is 6. The van der Waals surface area contributed by atoms with Gasteiger partial charge in [-0.1, -0.05) is 0 Å². The van der Waals surface area contributed by atoms with Gasteiger partial charge in [0.15, 0.2) is 17.6 Å². The maximum Gasteiger partial charge on any atom is 0.340 e. The van der Waals surface area contributed by atoms with Gasteiger partial charge in [-0.25, -0.2) is 9.78 Å². The van der Waals surface area contributed by atoms with Crippen LogP contribution >= 0.6 is 0 Å². The predicted octanol–water partition coefficient (Wildman–Crippen LogP) is -0.951. The zero-order valence-electron chi connectivity index (χ0n) is 19.0. The number of nitrogens with one attached hydrogen (secondary N) is 1. The lowest BCUT2D eigenvalue weighted by Crippen LogP contribution is -2.54. The van der Waals surface area contributed by atoms with Gasteiger partial charge < -0.3 is 44.5 Å². The van der Waals surface area contributed by atoms with Crippen LogP contribution in [0, 0.1) is 0 Å². The molecule has 3 aromatic rings. The highest BCUT2D eigenvalue weighted by Gasteiger charge is 2.35. The van der Waals surface area contributed by atoms with Crippen molar-refractivity contribution in [1.82, 2.24) is 14.9 Å². The number of nitrogens with zero attached hydrogens (tertiary/aromatic N) is 2. The van der Waals surface area contributed by atoms with Crippen molar-refractivity contribution < 1.29 is 39.4 Å². The summed E-state index contributed by atoms with van der Waals surface area (Å²) in [4.78, 5) is 30.1. The van der Waals surface area contributed by atoms with Crippen LogP contribution in [0.2, 0.25) is 0 Å². The van der Waals surface area contributed by atoms with Gasteiger partial charge in [-0.05, 0) is 17.7 Å². The standard InChI is InChI=1S/C24H23N3O9/c28-7-24(8-29,9-30)25-4-13-11-2-18-19(36-10-35-18)3-16(11)26-20-14(13)5-27-17(20)1-12-15(22(27)32)6-34-23(33)21(12)31/h1-3,21,25,28-31H,4-10H2/t21-/m0/s1. The molecule has 2 aromatic heterocycles. The highest BCUT2D eigenvalue weighted by atomic mass is 16.7. The van der Waals surface area contributed by atoms with Crippen molar-refractivity contribution in [3.63, 3.8) is 0 Å². The van der Waals surface area contributed by atoms with E-state index >= 15 is 0 Å². The van der Waals surface area contributed by atoms with E-state index in [4.69, 9.17) is 19.2 Å². The van der Waals surface area contributed by atoms with Crippen LogP contribution in [0.3, 0.4) is 0 Å². The molecule has 3 aliphatic rings. The van der Waals surface area contributed by atoms with Crippen molar-refractivity contribution >= 4 is 16.9 Å². The fourth-order valence-corrected chi connectivity index (χ4v) is 4.89. The average Bonchev–Trinajstić information content (AvgIpc) is 3.50. The molecular weight excluding hydrogens is 474 g/mol. The molecule has 188 valence electrons. The van der Waals surface area contributed by atoms with Gasteiger partial charge in [0.05, 0.1) is 54.4 Å². The van der Waals surface area contributed by atoms with Gasteiger partial charge in [-0.2, -0.15) is 0 Å². The summed E-state index contributed by atoms with van der Waals surface area (Å²) < 4.78 is 17.5. The molecule has 1 atom stereocenters. The number of aromatic nitrogens is 2. The van der Waals surface area contributed by atoms with Gasteiger partial charge in [0.25, 0.3) is 5.56 Å². The molecule has 6 rings (SSSR count). The van der Waals surface area contributed by atoms with Crippen molar-refractivity contribution in [3.05, 3.63) is 50.8 Å². The average molecular weight is 497 g/mol. The zero-order valence-corrected chi connectivity index (χ0v) is 19.0. The summed E-state index contributed by atoms with van der Waals surface area (Å²) in [6, 6.07) is 5.11. The van der Waals surface area contributed by atoms with Crippen LogP contribution < -0.4 is 20.3 Å². The topological polar surface area (TPSA) is 173 Å². The van der Waals surface area contributed by atoms with Crippen LogP contribution in [0.15, 0.2) is 23.0 Å². The molecule has 12 heteroatoms. The Hall–Kier alpha value is -3.55. The van der Waals surface area contributed by atoms with Crippen molar-refractivity contribution in [3.8, 4) is 22.9 Å². The van der Waals surface area contributed by atoms with Gasteiger partial charge in [0.2, 0.25) is 6.79 Å². The lowest BCUT2D eigenvalue weighted by Gasteiger charge is -2.29. The Morgan fingerprint density at radius 3 is 2.47 bits per heavy atom. The van der Waals surface area contributed by atoms with Crippen LogP contribution in [0.4, 0.5) is 0 Å². The van der Waals surface area contributed by atoms with E-state index in [1.165, 1.54) is 4.57 Å². The van der Waals surface area contributed by atoms with E-state index in [1.54, 1.807) is 18.2 Å². The SMILES string of the molecule is O=C1OCc2c(cc3n(c2=O)Cc2c-3nc3cc4c(cc3c2CNC(CO)(CO)CO)OCO4)[C@@H]1O. The van der Waals surface area contributed by atoms with Gasteiger partial charge in [0, 0.05) is 29.1 Å². The van der Waals surface area contributed by atoms with E-state index in [-0.39, 0.29) is 43.2 Å². The first-order chi connectivity index (χ1) is 17.4. The molecule has 0 amide bonds. The maximum atomic E-state index is 13.3. The van der Waals surface area contributed by atoms with Gasteiger partial charge in [-0.15, -0.1) is 0 Å². The number of benzene rings is 1. The van der Waals surface area contributed by atoms with E-state index in [0.717, 1.165) is 5.56 Å². The summed E-state index contributed by atoms with van der Waals surface area (Å²) in [5.41, 5.74) is 1.61. The Morgan fingerprint density at radius 2 is 1.75 bits per heavy atom. The van der Waals surface area contributed by atoms with Crippen LogP contribution in [0.1, 0.15) is 28.4 Å². The molecular formula is C24H23N3O9. The smallest absolute Gasteiger partial charge is 0.340 e. The molecule has 0 aliphatic carbocycles. The summed E-state index contributed by atoms with van der Waals surface area (Å²) >= 11 is 0. The minimum absolute atomic E-state index is 0.0694. The van der Waals surface area contributed by atoms with Crippen LogP contribution in [-0.4, -0.2) is 68.1 Å². The fourth-order valence-electron chi connectivity index (χ4n) is 4.89. The first-order valence-corrected chi connectivity index (χ1v) is 11.3. The maximum absolute atomic E-state index is 13.3. The number of aliphatic hydroxyl groups is 4. The number of aliphatic hydroxyl groups excluding tert-OH is 4. The third kappa shape index (κ3) is 3.23. The van der Waals surface area contributed by atoms with Crippen LogP contribution in [-0.2, 0) is 29.2 Å². The molecule has 0 radical (unpaired) electrons. The second kappa shape index (κ2) is 8.25. The van der Waals surface area contributed by atoms with Crippen molar-refractivity contribution in [2.45, 2.75) is 31.3 Å². The summed E-state index contributed by atoms with van der Waals surface area (Å²) in [6.45, 7) is -1.38. The van der Waals surface area contributed by atoms with E-state index in [9.17, 15) is 30.0 Å². The Kier molecular flexibility index (Phi) is 5.24. The van der Waals surface area contributed by atoms with Gasteiger partial charge in [0.1, 0.15) is 6.61 Å². The molecule has 0 unspecified atom stereocenters. The molecule has 0 fully saturated rings. The number of cyclic esters (lactones) is 1. The Morgan fingerprint density at radius 1 is 1.03 bits per heavy atom. The molecule has 0 saturated carbocycles. The largest absolute Gasteiger partial charge is 0.458 e. The first-order valence-electron chi connectivity index (χ1n) is 11.3. The molecule has 12 nitrogen and oxygen atoms in total. The molecule has 1 aromatic carbocycles. The number of fused-ring (bicyclic) bond motifs is 6. The summed E-state index contributed by atoms with van der Waals surface area (Å²) in [7, 11) is 0. The number of carbonyl (C=O) groups excluding carboxylic acids is 1. The highest BCUT2D eigenvalue weighted by Crippen LogP contribution is 2.42. The van der Waals surface area contributed by atoms with Crippen molar-refractivity contribution in [1.29, 1.82) is 0 Å². The third-order valence-electron chi connectivity index (χ3n) is 7.12. The first kappa shape index (κ1) is 22.9. The number of pyridine rings is 2. The zero-order chi connectivity index (χ0) is 25.2. The number of ether oxygens (including phenoxy) is 3. The molecule has 0 saturated heterocycles. The second-order valence-corrected chi connectivity index (χ2v) is 9.11.